The molecule has 0 unspecified atom stereocenters. The molecule has 4 nitrogen and oxygen atoms in total. The highest BCUT2D eigenvalue weighted by Gasteiger charge is 2.17. The molecule has 9 heavy (non-hydrogen) atoms. The molecule has 0 spiro atoms. The molecule has 1 rings (SSSR count). The van der Waals surface area contributed by atoms with Crippen molar-refractivity contribution in [1.29, 1.82) is 0 Å². The van der Waals surface area contributed by atoms with Gasteiger partial charge < -0.3 is 9.94 Å². The maximum Gasteiger partial charge on any atom is 0.441 e. The molecule has 0 aromatic rings. The third-order valence-corrected chi connectivity index (χ3v) is 1.01. The first-order valence-corrected chi connectivity index (χ1v) is 2.55. The Morgan fingerprint density at radius 2 is 2.67 bits per heavy atom. The molecule has 0 fully saturated rings. The van der Waals surface area contributed by atoms with Gasteiger partial charge in [0.2, 0.25) is 0 Å². The van der Waals surface area contributed by atoms with Crippen LogP contribution >= 0.6 is 0 Å². The largest absolute Gasteiger partial charge is 0.463 e. The second-order valence-electron chi connectivity index (χ2n) is 1.75. The SMILES string of the molecule is CC1=CCN(C(=O)O)O1. The molecule has 1 amide bonds. The van der Waals surface area contributed by atoms with Crippen LogP contribution in [0.5, 0.6) is 0 Å². The van der Waals surface area contributed by atoms with Gasteiger partial charge in [-0.3, -0.25) is 0 Å². The summed E-state index contributed by atoms with van der Waals surface area (Å²) in [7, 11) is 0. The number of nitrogens with zero attached hydrogens (tertiary/aromatic N) is 1. The highest BCUT2D eigenvalue weighted by atomic mass is 16.7. The Kier molecular flexibility index (Phi) is 1.30. The molecule has 1 N–H and O–H groups in total. The summed E-state index contributed by atoms with van der Waals surface area (Å²) in [4.78, 5) is 14.8. The molecule has 0 radical (unpaired) electrons. The Labute approximate surface area is 52.3 Å². The summed E-state index contributed by atoms with van der Waals surface area (Å²) in [5.74, 6) is 0.636. The number of hydrogen-bond acceptors (Lipinski definition) is 2. The zero-order valence-electron chi connectivity index (χ0n) is 5.00. The summed E-state index contributed by atoms with van der Waals surface area (Å²) < 4.78 is 0. The predicted molar refractivity (Wildman–Crippen MR) is 29.6 cm³/mol. The van der Waals surface area contributed by atoms with Gasteiger partial charge in [0.1, 0.15) is 5.76 Å². The minimum atomic E-state index is -1.05. The maximum absolute atomic E-state index is 10.1. The van der Waals surface area contributed by atoms with Gasteiger partial charge in [0.25, 0.3) is 0 Å². The lowest BCUT2D eigenvalue weighted by Crippen LogP contribution is -2.24. The van der Waals surface area contributed by atoms with Crippen LogP contribution in [0.2, 0.25) is 0 Å². The van der Waals surface area contributed by atoms with E-state index in [0.29, 0.717) is 12.3 Å². The van der Waals surface area contributed by atoms with Crippen molar-refractivity contribution in [2.45, 2.75) is 6.92 Å². The average molecular weight is 129 g/mol. The average Bonchev–Trinajstić information content (AvgIpc) is 2.14. The van der Waals surface area contributed by atoms with E-state index in [1.165, 1.54) is 0 Å². The molecule has 0 aromatic heterocycles. The van der Waals surface area contributed by atoms with Crippen molar-refractivity contribution in [2.75, 3.05) is 6.54 Å². The van der Waals surface area contributed by atoms with Gasteiger partial charge in [-0.2, -0.15) is 0 Å². The second kappa shape index (κ2) is 1.97. The van der Waals surface area contributed by atoms with Gasteiger partial charge in [0.15, 0.2) is 0 Å². The van der Waals surface area contributed by atoms with E-state index < -0.39 is 6.09 Å². The fourth-order valence-electron chi connectivity index (χ4n) is 0.577. The Balaban J connectivity index is 2.47. The van der Waals surface area contributed by atoms with Crippen molar-refractivity contribution in [2.24, 2.45) is 0 Å². The van der Waals surface area contributed by atoms with Crippen LogP contribution in [0, 0.1) is 0 Å². The summed E-state index contributed by atoms with van der Waals surface area (Å²) in [6, 6.07) is 0. The predicted octanol–water partition coefficient (Wildman–Crippen LogP) is 0.815. The van der Waals surface area contributed by atoms with Crippen LogP contribution in [0.15, 0.2) is 11.8 Å². The molecule has 0 aliphatic carbocycles. The molecule has 1 heterocycles. The lowest BCUT2D eigenvalue weighted by molar-refractivity contribution is -0.0645. The van der Waals surface area contributed by atoms with Crippen molar-refractivity contribution < 1.29 is 14.7 Å². The van der Waals surface area contributed by atoms with Gasteiger partial charge in [-0.15, -0.1) is 5.06 Å². The van der Waals surface area contributed by atoms with Crippen LogP contribution in [0.3, 0.4) is 0 Å². The third-order valence-electron chi connectivity index (χ3n) is 1.01. The Hall–Kier alpha value is -1.19. The molecular formula is C5H7NO3. The van der Waals surface area contributed by atoms with Crippen LogP contribution < -0.4 is 0 Å². The van der Waals surface area contributed by atoms with Crippen LogP contribution in [0.1, 0.15) is 6.92 Å². The molecule has 50 valence electrons. The van der Waals surface area contributed by atoms with E-state index in [9.17, 15) is 4.79 Å². The first-order chi connectivity index (χ1) is 4.20. The van der Waals surface area contributed by atoms with E-state index in [2.05, 4.69) is 0 Å². The highest BCUT2D eigenvalue weighted by molar-refractivity contribution is 5.64. The van der Waals surface area contributed by atoms with Gasteiger partial charge in [0, 0.05) is 0 Å². The van der Waals surface area contributed by atoms with Gasteiger partial charge in [0.05, 0.1) is 6.54 Å². The molecule has 0 saturated heterocycles. The first-order valence-electron chi connectivity index (χ1n) is 2.55. The lowest BCUT2D eigenvalue weighted by atomic mass is 10.5. The number of amides is 1. The zero-order valence-corrected chi connectivity index (χ0v) is 5.00. The van der Waals surface area contributed by atoms with Crippen molar-refractivity contribution >= 4 is 6.09 Å². The van der Waals surface area contributed by atoms with Gasteiger partial charge in [-0.1, -0.05) is 0 Å². The minimum absolute atomic E-state index is 0.334. The summed E-state index contributed by atoms with van der Waals surface area (Å²) >= 11 is 0. The topological polar surface area (TPSA) is 49.8 Å². The number of hydroxylamine groups is 2. The van der Waals surface area contributed by atoms with Crippen LogP contribution in [-0.4, -0.2) is 22.8 Å². The van der Waals surface area contributed by atoms with Crippen molar-refractivity contribution in [3.8, 4) is 0 Å². The molecule has 1 aliphatic rings. The maximum atomic E-state index is 10.1. The molecule has 0 atom stereocenters. The molecule has 0 saturated carbocycles. The van der Waals surface area contributed by atoms with Crippen LogP contribution in [0.25, 0.3) is 0 Å². The van der Waals surface area contributed by atoms with Crippen molar-refractivity contribution in [3.63, 3.8) is 0 Å². The zero-order chi connectivity index (χ0) is 6.85. The summed E-state index contributed by atoms with van der Waals surface area (Å²) in [6.45, 7) is 2.05. The number of carbonyl (C=O) groups is 1. The summed E-state index contributed by atoms with van der Waals surface area (Å²) in [5, 5.41) is 9.17. The summed E-state index contributed by atoms with van der Waals surface area (Å²) in [6.07, 6.45) is 0.650. The monoisotopic (exact) mass is 129 g/mol. The third kappa shape index (κ3) is 1.13. The molecule has 0 aromatic carbocycles. The lowest BCUT2D eigenvalue weighted by Gasteiger charge is -2.09. The smallest absolute Gasteiger partial charge is 0.441 e. The van der Waals surface area contributed by atoms with Crippen molar-refractivity contribution in [3.05, 3.63) is 11.8 Å². The number of carboxylic acid groups (broad SMARTS) is 1. The number of hydrogen-bond donors (Lipinski definition) is 1. The normalized spacial score (nSPS) is 17.0. The molecular weight excluding hydrogens is 122 g/mol. The quantitative estimate of drug-likeness (QED) is 0.526. The highest BCUT2D eigenvalue weighted by Crippen LogP contribution is 2.08. The van der Waals surface area contributed by atoms with Gasteiger partial charge >= 0.3 is 6.09 Å². The minimum Gasteiger partial charge on any atom is -0.463 e. The van der Waals surface area contributed by atoms with Gasteiger partial charge in [-0.05, 0) is 13.0 Å². The molecule has 1 aliphatic heterocycles. The molecule has 4 heteroatoms. The standard InChI is InChI=1S/C5H7NO3/c1-4-2-3-6(9-4)5(7)8/h2H,3H2,1H3,(H,7,8). The summed E-state index contributed by atoms with van der Waals surface area (Å²) in [5.41, 5.74) is 0. The Morgan fingerprint density at radius 3 is 2.89 bits per heavy atom. The van der Waals surface area contributed by atoms with Crippen LogP contribution in [-0.2, 0) is 4.84 Å². The van der Waals surface area contributed by atoms with E-state index in [0.717, 1.165) is 5.06 Å². The molecule has 0 bridgehead atoms. The fourth-order valence-corrected chi connectivity index (χ4v) is 0.577. The Morgan fingerprint density at radius 1 is 2.00 bits per heavy atom. The van der Waals surface area contributed by atoms with E-state index >= 15 is 0 Å². The van der Waals surface area contributed by atoms with E-state index in [-0.39, 0.29) is 0 Å². The second-order valence-corrected chi connectivity index (χ2v) is 1.75. The van der Waals surface area contributed by atoms with E-state index in [4.69, 9.17) is 9.94 Å². The number of rotatable bonds is 0. The number of allylic oxidation sites excluding steroid dienone is 1. The van der Waals surface area contributed by atoms with Crippen LogP contribution in [0.4, 0.5) is 4.79 Å². The van der Waals surface area contributed by atoms with Crippen molar-refractivity contribution in [1.82, 2.24) is 5.06 Å². The van der Waals surface area contributed by atoms with E-state index in [1.54, 1.807) is 13.0 Å². The Bertz CT molecular complexity index is 164. The fraction of sp³-hybridized carbons (Fsp3) is 0.400. The van der Waals surface area contributed by atoms with E-state index in [1.807, 2.05) is 0 Å². The van der Waals surface area contributed by atoms with Gasteiger partial charge in [-0.25, -0.2) is 4.79 Å². The first kappa shape index (κ1) is 5.94.